The third kappa shape index (κ3) is 4.43. The fourth-order valence-electron chi connectivity index (χ4n) is 3.64. The topological polar surface area (TPSA) is 21.3 Å². The highest BCUT2D eigenvalue weighted by Crippen LogP contribution is 2.26. The van der Waals surface area contributed by atoms with Crippen LogP contribution >= 0.6 is 0 Å². The van der Waals surface area contributed by atoms with Crippen molar-refractivity contribution in [3.63, 3.8) is 0 Å². The van der Waals surface area contributed by atoms with Gasteiger partial charge in [0.25, 0.3) is 0 Å². The molecule has 122 valence electrons. The monoisotopic (exact) mass is 309 g/mol. The molecule has 0 spiro atoms. The van der Waals surface area contributed by atoms with Gasteiger partial charge in [-0.05, 0) is 30.4 Å². The van der Waals surface area contributed by atoms with Crippen molar-refractivity contribution < 1.29 is 4.74 Å². The van der Waals surface area contributed by atoms with Gasteiger partial charge in [-0.15, -0.1) is 0 Å². The molecule has 1 fully saturated rings. The summed E-state index contributed by atoms with van der Waals surface area (Å²) in [5.74, 6) is 0. The van der Waals surface area contributed by atoms with Crippen molar-refractivity contribution in [3.05, 3.63) is 71.8 Å². The second kappa shape index (κ2) is 8.28. The minimum Gasteiger partial charge on any atom is -0.380 e. The Labute approximate surface area is 139 Å². The lowest BCUT2D eigenvalue weighted by molar-refractivity contribution is 0.0376. The Balaban J connectivity index is 1.77. The predicted molar refractivity (Wildman–Crippen MR) is 95.5 cm³/mol. The van der Waals surface area contributed by atoms with E-state index in [2.05, 4.69) is 66.0 Å². The van der Waals surface area contributed by atoms with Gasteiger partial charge < -0.3 is 10.1 Å². The number of nitrogens with one attached hydrogen (secondary N) is 1. The molecule has 2 aromatic carbocycles. The molecule has 1 saturated carbocycles. The van der Waals surface area contributed by atoms with Gasteiger partial charge in [0, 0.05) is 19.2 Å². The molecule has 23 heavy (non-hydrogen) atoms. The Bertz CT molecular complexity index is 569. The lowest BCUT2D eigenvalue weighted by atomic mass is 9.90. The van der Waals surface area contributed by atoms with Crippen LogP contribution in [0.1, 0.15) is 42.9 Å². The average Bonchev–Trinajstić information content (AvgIpc) is 2.63. The fourth-order valence-corrected chi connectivity index (χ4v) is 3.64. The molecular weight excluding hydrogens is 282 g/mol. The largest absolute Gasteiger partial charge is 0.380 e. The Morgan fingerprint density at radius 1 is 0.957 bits per heavy atom. The van der Waals surface area contributed by atoms with Crippen molar-refractivity contribution in [2.24, 2.45) is 0 Å². The highest BCUT2D eigenvalue weighted by molar-refractivity contribution is 5.24. The van der Waals surface area contributed by atoms with Crippen LogP contribution in [0.5, 0.6) is 0 Å². The highest BCUT2D eigenvalue weighted by Gasteiger charge is 2.27. The molecule has 1 aliphatic carbocycles. The number of ether oxygens (including phenoxy) is 1. The van der Waals surface area contributed by atoms with Crippen molar-refractivity contribution >= 4 is 0 Å². The number of rotatable bonds is 6. The molecule has 0 aromatic heterocycles. The average molecular weight is 309 g/mol. The minimum atomic E-state index is 0.333. The van der Waals surface area contributed by atoms with E-state index >= 15 is 0 Å². The van der Waals surface area contributed by atoms with Crippen molar-refractivity contribution in [1.82, 2.24) is 5.32 Å². The molecule has 0 heterocycles. The molecule has 0 bridgehead atoms. The molecular formula is C21H27NO. The SMILES string of the molecule is CO[C@@H]1CCCC[C@H]1N[C@@H](Cc1ccccc1)c1ccccc1. The van der Waals surface area contributed by atoms with E-state index in [4.69, 9.17) is 4.74 Å². The molecule has 3 rings (SSSR count). The normalized spacial score (nSPS) is 22.7. The molecule has 2 nitrogen and oxygen atoms in total. The molecule has 0 unspecified atom stereocenters. The van der Waals surface area contributed by atoms with E-state index in [1.165, 1.54) is 36.8 Å². The molecule has 2 aromatic rings. The smallest absolute Gasteiger partial charge is 0.0724 e. The van der Waals surface area contributed by atoms with Crippen LogP contribution in [-0.2, 0) is 11.2 Å². The zero-order valence-electron chi connectivity index (χ0n) is 13.9. The van der Waals surface area contributed by atoms with Crippen molar-refractivity contribution in [1.29, 1.82) is 0 Å². The zero-order chi connectivity index (χ0) is 15.9. The molecule has 0 amide bonds. The maximum atomic E-state index is 5.73. The van der Waals surface area contributed by atoms with Crippen molar-refractivity contribution in [3.8, 4) is 0 Å². The number of hydrogen-bond acceptors (Lipinski definition) is 2. The van der Waals surface area contributed by atoms with Crippen LogP contribution < -0.4 is 5.32 Å². The maximum absolute atomic E-state index is 5.73. The summed E-state index contributed by atoms with van der Waals surface area (Å²) in [4.78, 5) is 0. The molecule has 0 radical (unpaired) electrons. The van der Waals surface area contributed by atoms with E-state index in [0.29, 0.717) is 18.2 Å². The van der Waals surface area contributed by atoms with Crippen LogP contribution in [0.2, 0.25) is 0 Å². The minimum absolute atomic E-state index is 0.333. The molecule has 2 heteroatoms. The van der Waals surface area contributed by atoms with Gasteiger partial charge in [0.2, 0.25) is 0 Å². The van der Waals surface area contributed by atoms with Crippen LogP contribution in [-0.4, -0.2) is 19.3 Å². The van der Waals surface area contributed by atoms with E-state index in [1.54, 1.807) is 0 Å². The zero-order valence-corrected chi connectivity index (χ0v) is 13.9. The Morgan fingerprint density at radius 2 is 1.61 bits per heavy atom. The second-order valence-corrected chi connectivity index (χ2v) is 6.48. The summed E-state index contributed by atoms with van der Waals surface area (Å²) in [7, 11) is 1.85. The number of benzene rings is 2. The maximum Gasteiger partial charge on any atom is 0.0724 e. The summed E-state index contributed by atoms with van der Waals surface area (Å²) < 4.78 is 5.73. The van der Waals surface area contributed by atoms with E-state index in [9.17, 15) is 0 Å². The van der Waals surface area contributed by atoms with Crippen LogP contribution in [0.25, 0.3) is 0 Å². The second-order valence-electron chi connectivity index (χ2n) is 6.48. The van der Waals surface area contributed by atoms with Crippen molar-refractivity contribution in [2.75, 3.05) is 7.11 Å². The van der Waals surface area contributed by atoms with Gasteiger partial charge in [0.15, 0.2) is 0 Å². The molecule has 1 aliphatic rings. The number of methoxy groups -OCH3 is 1. The first-order valence-corrected chi connectivity index (χ1v) is 8.74. The summed E-state index contributed by atoms with van der Waals surface area (Å²) in [6, 6.07) is 22.3. The highest BCUT2D eigenvalue weighted by atomic mass is 16.5. The summed E-state index contributed by atoms with van der Waals surface area (Å²) >= 11 is 0. The van der Waals surface area contributed by atoms with Gasteiger partial charge in [0.1, 0.15) is 0 Å². The van der Waals surface area contributed by atoms with Gasteiger partial charge in [-0.1, -0.05) is 73.5 Å². The van der Waals surface area contributed by atoms with E-state index < -0.39 is 0 Å². The first-order valence-electron chi connectivity index (χ1n) is 8.74. The fraction of sp³-hybridized carbons (Fsp3) is 0.429. The molecule has 0 aliphatic heterocycles. The number of hydrogen-bond donors (Lipinski definition) is 1. The van der Waals surface area contributed by atoms with Gasteiger partial charge in [-0.2, -0.15) is 0 Å². The first-order chi connectivity index (χ1) is 11.4. The molecule has 0 saturated heterocycles. The quantitative estimate of drug-likeness (QED) is 0.847. The van der Waals surface area contributed by atoms with Gasteiger partial charge >= 0.3 is 0 Å². The van der Waals surface area contributed by atoms with Gasteiger partial charge in [-0.25, -0.2) is 0 Å². The Morgan fingerprint density at radius 3 is 2.30 bits per heavy atom. The first kappa shape index (κ1) is 16.2. The van der Waals surface area contributed by atoms with Crippen LogP contribution in [0.3, 0.4) is 0 Å². The Kier molecular flexibility index (Phi) is 5.84. The van der Waals surface area contributed by atoms with E-state index in [1.807, 2.05) is 7.11 Å². The van der Waals surface area contributed by atoms with Crippen LogP contribution in [0.15, 0.2) is 60.7 Å². The van der Waals surface area contributed by atoms with E-state index in [-0.39, 0.29) is 0 Å². The lowest BCUT2D eigenvalue weighted by Gasteiger charge is -2.34. The predicted octanol–water partition coefficient (Wildman–Crippen LogP) is 4.52. The van der Waals surface area contributed by atoms with Gasteiger partial charge in [-0.3, -0.25) is 0 Å². The van der Waals surface area contributed by atoms with Crippen LogP contribution in [0, 0.1) is 0 Å². The molecule has 3 atom stereocenters. The third-order valence-electron chi connectivity index (χ3n) is 4.91. The van der Waals surface area contributed by atoms with Gasteiger partial charge in [0.05, 0.1) is 6.10 Å². The summed E-state index contributed by atoms with van der Waals surface area (Å²) in [6.07, 6.45) is 6.30. The Hall–Kier alpha value is -1.64. The lowest BCUT2D eigenvalue weighted by Crippen LogP contribution is -2.45. The van der Waals surface area contributed by atoms with Crippen LogP contribution in [0.4, 0.5) is 0 Å². The summed E-state index contributed by atoms with van der Waals surface area (Å²) in [6.45, 7) is 0. The summed E-state index contributed by atoms with van der Waals surface area (Å²) in [5, 5.41) is 3.90. The summed E-state index contributed by atoms with van der Waals surface area (Å²) in [5.41, 5.74) is 2.73. The molecule has 1 N–H and O–H groups in total. The third-order valence-corrected chi connectivity index (χ3v) is 4.91. The van der Waals surface area contributed by atoms with Crippen molar-refractivity contribution in [2.45, 2.75) is 50.3 Å². The standard InChI is InChI=1S/C21H27NO/c1-23-21-15-9-8-14-19(21)22-20(18-12-6-3-7-13-18)16-17-10-4-2-5-11-17/h2-7,10-13,19-22H,8-9,14-16H2,1H3/t19-,20+,21-/m1/s1. The van der Waals surface area contributed by atoms with E-state index in [0.717, 1.165) is 6.42 Å².